The zero-order valence-corrected chi connectivity index (χ0v) is 23.2. The number of ether oxygens (including phenoxy) is 3. The molecule has 3 aromatic carbocycles. The maximum atomic E-state index is 13.1. The van der Waals surface area contributed by atoms with Gasteiger partial charge in [-0.1, -0.05) is 51.0 Å². The van der Waals surface area contributed by atoms with E-state index in [1.165, 1.54) is 14.2 Å². The zero-order valence-electron chi connectivity index (χ0n) is 23.2. The summed E-state index contributed by atoms with van der Waals surface area (Å²) in [6, 6.07) is 16.8. The molecule has 8 nitrogen and oxygen atoms in total. The number of carboxylic acids is 1. The van der Waals surface area contributed by atoms with Crippen molar-refractivity contribution >= 4 is 17.0 Å². The summed E-state index contributed by atoms with van der Waals surface area (Å²) >= 11 is 0. The Labute approximate surface area is 228 Å². The van der Waals surface area contributed by atoms with E-state index in [-0.39, 0.29) is 5.69 Å². The highest BCUT2D eigenvalue weighted by molar-refractivity contribution is 5.76. The lowest BCUT2D eigenvalue weighted by Gasteiger charge is -2.23. The number of aryl methyl sites for hydroxylation is 3. The molecule has 39 heavy (non-hydrogen) atoms. The second-order valence-corrected chi connectivity index (χ2v) is 9.64. The zero-order chi connectivity index (χ0) is 28.1. The number of methoxy groups -OCH3 is 2. The molecule has 1 atom stereocenters. The van der Waals surface area contributed by atoms with Crippen molar-refractivity contribution in [3.05, 3.63) is 87.3 Å². The van der Waals surface area contributed by atoms with Gasteiger partial charge in [-0.05, 0) is 53.8 Å². The van der Waals surface area contributed by atoms with E-state index in [1.807, 2.05) is 36.4 Å². The van der Waals surface area contributed by atoms with Crippen LogP contribution in [-0.2, 0) is 31.2 Å². The third-order valence-corrected chi connectivity index (χ3v) is 6.87. The number of carboxylic acid groups (broad SMARTS) is 1. The second kappa shape index (κ2) is 12.1. The average Bonchev–Trinajstić information content (AvgIpc) is 3.17. The van der Waals surface area contributed by atoms with Crippen LogP contribution >= 0.6 is 0 Å². The normalized spacial score (nSPS) is 11.9. The molecule has 1 heterocycles. The van der Waals surface area contributed by atoms with Crippen LogP contribution in [0.1, 0.15) is 55.0 Å². The van der Waals surface area contributed by atoms with Gasteiger partial charge in [0.05, 0.1) is 31.8 Å². The van der Waals surface area contributed by atoms with Crippen LogP contribution in [0.25, 0.3) is 11.0 Å². The third kappa shape index (κ3) is 5.79. The predicted molar refractivity (Wildman–Crippen MR) is 151 cm³/mol. The van der Waals surface area contributed by atoms with Gasteiger partial charge in [0, 0.05) is 18.7 Å². The summed E-state index contributed by atoms with van der Waals surface area (Å²) in [6.07, 6.45) is 1.86. The number of imidazole rings is 1. The Morgan fingerprint density at radius 1 is 0.897 bits per heavy atom. The van der Waals surface area contributed by atoms with Crippen molar-refractivity contribution in [3.8, 4) is 17.2 Å². The lowest BCUT2D eigenvalue weighted by molar-refractivity contribution is -0.145. The first-order chi connectivity index (χ1) is 18.8. The number of nitrogens with zero attached hydrogens (tertiary/aromatic N) is 2. The van der Waals surface area contributed by atoms with Crippen LogP contribution in [0.5, 0.6) is 17.2 Å². The fraction of sp³-hybridized carbons (Fsp3) is 0.355. The molecule has 8 heteroatoms. The van der Waals surface area contributed by atoms with Gasteiger partial charge in [0.2, 0.25) is 6.10 Å². The molecule has 0 aliphatic heterocycles. The van der Waals surface area contributed by atoms with Gasteiger partial charge in [-0.3, -0.25) is 9.13 Å². The van der Waals surface area contributed by atoms with Gasteiger partial charge < -0.3 is 19.3 Å². The first kappa shape index (κ1) is 27.8. The Bertz CT molecular complexity index is 1480. The molecular formula is C31H36N2O6. The predicted octanol–water partition coefficient (Wildman–Crippen LogP) is 5.52. The van der Waals surface area contributed by atoms with E-state index in [9.17, 15) is 14.7 Å². The summed E-state index contributed by atoms with van der Waals surface area (Å²) in [5.41, 5.74) is 4.92. The molecule has 0 spiro atoms. The molecule has 4 rings (SSSR count). The van der Waals surface area contributed by atoms with Gasteiger partial charge in [-0.2, -0.15) is 0 Å². The SMILES string of the molecule is CCCc1cc(Cn2c(=O)n(C)c3ccccc32)cc(CCC)c1OC(C(=O)O)c1cc(OC)cc(OC)c1. The molecule has 0 fully saturated rings. The molecule has 1 N–H and O–H groups in total. The summed E-state index contributed by atoms with van der Waals surface area (Å²) in [5.74, 6) is 0.443. The van der Waals surface area contributed by atoms with Crippen molar-refractivity contribution in [1.82, 2.24) is 9.13 Å². The van der Waals surface area contributed by atoms with Gasteiger partial charge in [-0.25, -0.2) is 9.59 Å². The van der Waals surface area contributed by atoms with E-state index >= 15 is 0 Å². The molecule has 1 aromatic heterocycles. The number of benzene rings is 3. The number of rotatable bonds is 12. The summed E-state index contributed by atoms with van der Waals surface area (Å²) in [7, 11) is 4.82. The molecule has 0 aliphatic rings. The molecule has 1 unspecified atom stereocenters. The van der Waals surface area contributed by atoms with Crippen LogP contribution in [-0.4, -0.2) is 34.4 Å². The summed E-state index contributed by atoms with van der Waals surface area (Å²) in [5, 5.41) is 10.2. The lowest BCUT2D eigenvalue weighted by Crippen LogP contribution is -2.23. The summed E-state index contributed by atoms with van der Waals surface area (Å²) in [4.78, 5) is 25.5. The molecule has 0 bridgehead atoms. The average molecular weight is 533 g/mol. The number of para-hydroxylation sites is 2. The highest BCUT2D eigenvalue weighted by atomic mass is 16.5. The number of aliphatic carboxylic acids is 1. The largest absolute Gasteiger partial charge is 0.497 e. The lowest BCUT2D eigenvalue weighted by atomic mass is 9.97. The first-order valence-electron chi connectivity index (χ1n) is 13.2. The molecule has 4 aromatic rings. The quantitative estimate of drug-likeness (QED) is 0.259. The van der Waals surface area contributed by atoms with Crippen LogP contribution in [0, 0.1) is 0 Å². The van der Waals surface area contributed by atoms with Crippen molar-refractivity contribution in [2.24, 2.45) is 7.05 Å². The number of hydrogen-bond donors (Lipinski definition) is 1. The third-order valence-electron chi connectivity index (χ3n) is 6.87. The number of aromatic nitrogens is 2. The minimum atomic E-state index is -1.26. The number of fused-ring (bicyclic) bond motifs is 1. The number of hydrogen-bond acceptors (Lipinski definition) is 5. The minimum Gasteiger partial charge on any atom is -0.497 e. The van der Waals surface area contributed by atoms with Crippen LogP contribution in [0.4, 0.5) is 0 Å². The van der Waals surface area contributed by atoms with Gasteiger partial charge in [0.25, 0.3) is 0 Å². The van der Waals surface area contributed by atoms with Crippen molar-refractivity contribution in [3.63, 3.8) is 0 Å². The van der Waals surface area contributed by atoms with Crippen molar-refractivity contribution in [2.45, 2.75) is 52.2 Å². The first-order valence-corrected chi connectivity index (χ1v) is 13.2. The Kier molecular flexibility index (Phi) is 8.64. The van der Waals surface area contributed by atoms with Crippen molar-refractivity contribution in [2.75, 3.05) is 14.2 Å². The topological polar surface area (TPSA) is 91.9 Å². The number of carbonyl (C=O) groups is 1. The molecule has 206 valence electrons. The fourth-order valence-corrected chi connectivity index (χ4v) is 5.04. The Morgan fingerprint density at radius 2 is 1.46 bits per heavy atom. The molecular weight excluding hydrogens is 496 g/mol. The van der Waals surface area contributed by atoms with Crippen LogP contribution in [0.3, 0.4) is 0 Å². The van der Waals surface area contributed by atoms with Gasteiger partial charge in [0.15, 0.2) is 0 Å². The maximum Gasteiger partial charge on any atom is 0.349 e. The fourth-order valence-electron chi connectivity index (χ4n) is 5.04. The van der Waals surface area contributed by atoms with E-state index < -0.39 is 12.1 Å². The Morgan fingerprint density at radius 3 is 1.97 bits per heavy atom. The second-order valence-electron chi connectivity index (χ2n) is 9.64. The van der Waals surface area contributed by atoms with E-state index in [2.05, 4.69) is 13.8 Å². The maximum absolute atomic E-state index is 13.1. The summed E-state index contributed by atoms with van der Waals surface area (Å²) < 4.78 is 20.5. The highest BCUT2D eigenvalue weighted by Gasteiger charge is 2.26. The van der Waals surface area contributed by atoms with E-state index in [4.69, 9.17) is 14.2 Å². The molecule has 0 saturated heterocycles. The molecule has 0 amide bonds. The molecule has 0 radical (unpaired) electrons. The summed E-state index contributed by atoms with van der Waals surface area (Å²) in [6.45, 7) is 4.56. The van der Waals surface area contributed by atoms with Crippen molar-refractivity contribution in [1.29, 1.82) is 0 Å². The van der Waals surface area contributed by atoms with Crippen molar-refractivity contribution < 1.29 is 24.1 Å². The van der Waals surface area contributed by atoms with Gasteiger partial charge in [-0.15, -0.1) is 0 Å². The Balaban J connectivity index is 1.80. The van der Waals surface area contributed by atoms with Gasteiger partial charge >= 0.3 is 11.7 Å². The molecule has 0 aliphatic carbocycles. The van der Waals surface area contributed by atoms with Gasteiger partial charge in [0.1, 0.15) is 17.2 Å². The van der Waals surface area contributed by atoms with E-state index in [0.717, 1.165) is 40.6 Å². The smallest absolute Gasteiger partial charge is 0.349 e. The minimum absolute atomic E-state index is 0.0801. The monoisotopic (exact) mass is 532 g/mol. The van der Waals surface area contributed by atoms with E-state index in [1.54, 1.807) is 34.4 Å². The van der Waals surface area contributed by atoms with Crippen LogP contribution in [0.15, 0.2) is 59.4 Å². The highest BCUT2D eigenvalue weighted by Crippen LogP contribution is 2.35. The Hall–Kier alpha value is -4.20. The molecule has 0 saturated carbocycles. The van der Waals surface area contributed by atoms with Crippen LogP contribution < -0.4 is 19.9 Å². The standard InChI is InChI=1S/C31H36N2O6/c1-6-10-21-14-20(19-33-27-13-9-8-12-26(27)32(3)31(33)36)15-22(11-7-2)28(21)39-29(30(34)35)23-16-24(37-4)18-25(17-23)38-5/h8-9,12-18,29H,6-7,10-11,19H2,1-5H3,(H,34,35). The van der Waals surface area contributed by atoms with Crippen LogP contribution in [0.2, 0.25) is 0 Å². The van der Waals surface area contributed by atoms with E-state index in [0.29, 0.717) is 42.2 Å².